The van der Waals surface area contributed by atoms with Crippen molar-refractivity contribution in [1.29, 1.82) is 0 Å². The highest BCUT2D eigenvalue weighted by Gasteiger charge is 2.27. The molecule has 1 saturated heterocycles. The minimum absolute atomic E-state index is 0.108. The number of imide groups is 1. The van der Waals surface area contributed by atoms with Crippen LogP contribution in [0.1, 0.15) is 5.76 Å². The third-order valence-corrected chi connectivity index (χ3v) is 2.33. The van der Waals surface area contributed by atoms with Crippen molar-refractivity contribution in [3.8, 4) is 0 Å². The normalized spacial score (nSPS) is 15.6. The number of hydrogen-bond donors (Lipinski definition) is 2. The van der Waals surface area contributed by atoms with Gasteiger partial charge >= 0.3 is 6.03 Å². The van der Waals surface area contributed by atoms with Crippen LogP contribution in [-0.2, 0) is 11.3 Å². The van der Waals surface area contributed by atoms with Crippen molar-refractivity contribution in [2.75, 3.05) is 19.6 Å². The molecule has 6 heteroatoms. The van der Waals surface area contributed by atoms with Gasteiger partial charge in [-0.3, -0.25) is 9.69 Å². The first-order chi connectivity index (χ1) is 7.77. The molecule has 2 N–H and O–H groups in total. The Hall–Kier alpha value is -1.82. The van der Waals surface area contributed by atoms with Gasteiger partial charge in [-0.15, -0.1) is 0 Å². The zero-order valence-electron chi connectivity index (χ0n) is 8.73. The first-order valence-electron chi connectivity index (χ1n) is 5.08. The van der Waals surface area contributed by atoms with E-state index < -0.39 is 0 Å². The van der Waals surface area contributed by atoms with Gasteiger partial charge in [-0.25, -0.2) is 4.79 Å². The molecule has 86 valence electrons. The summed E-state index contributed by atoms with van der Waals surface area (Å²) in [6, 6.07) is 3.36. The lowest BCUT2D eigenvalue weighted by molar-refractivity contribution is -0.124. The van der Waals surface area contributed by atoms with E-state index >= 15 is 0 Å². The largest absolute Gasteiger partial charge is 0.468 e. The van der Waals surface area contributed by atoms with Crippen LogP contribution in [0, 0.1) is 0 Å². The van der Waals surface area contributed by atoms with E-state index in [0.29, 0.717) is 19.6 Å². The highest BCUT2D eigenvalue weighted by atomic mass is 16.3. The SMILES string of the molecule is O=C1CNC(=O)N1CCNCc1ccco1. The smallest absolute Gasteiger partial charge is 0.324 e. The number of nitrogens with one attached hydrogen (secondary N) is 2. The van der Waals surface area contributed by atoms with E-state index in [1.54, 1.807) is 6.26 Å². The summed E-state index contributed by atoms with van der Waals surface area (Å²) >= 11 is 0. The maximum Gasteiger partial charge on any atom is 0.324 e. The lowest BCUT2D eigenvalue weighted by Crippen LogP contribution is -2.36. The number of carbonyl (C=O) groups excluding carboxylic acids is 2. The maximum absolute atomic E-state index is 11.2. The maximum atomic E-state index is 11.2. The van der Waals surface area contributed by atoms with Crippen LogP contribution in [0.3, 0.4) is 0 Å². The van der Waals surface area contributed by atoms with Crippen LogP contribution in [0.15, 0.2) is 22.8 Å². The van der Waals surface area contributed by atoms with Gasteiger partial charge in [-0.1, -0.05) is 0 Å². The van der Waals surface area contributed by atoms with Crippen molar-refractivity contribution in [3.05, 3.63) is 24.2 Å². The predicted octanol–water partition coefficient (Wildman–Crippen LogP) is -0.0790. The van der Waals surface area contributed by atoms with Crippen molar-refractivity contribution in [2.24, 2.45) is 0 Å². The molecule has 0 atom stereocenters. The zero-order chi connectivity index (χ0) is 11.4. The van der Waals surface area contributed by atoms with Crippen LogP contribution in [0.5, 0.6) is 0 Å². The molecule has 3 amide bonds. The van der Waals surface area contributed by atoms with Gasteiger partial charge in [-0.05, 0) is 12.1 Å². The third-order valence-electron chi connectivity index (χ3n) is 2.33. The quantitative estimate of drug-likeness (QED) is 0.541. The molecule has 0 bridgehead atoms. The second-order valence-electron chi connectivity index (χ2n) is 3.46. The highest BCUT2D eigenvalue weighted by Crippen LogP contribution is 1.99. The third kappa shape index (κ3) is 2.40. The number of nitrogens with zero attached hydrogens (tertiary/aromatic N) is 1. The molecule has 1 aromatic heterocycles. The minimum Gasteiger partial charge on any atom is -0.468 e. The summed E-state index contributed by atoms with van der Waals surface area (Å²) in [7, 11) is 0. The molecule has 0 aromatic carbocycles. The number of urea groups is 1. The molecule has 0 saturated carbocycles. The van der Waals surface area contributed by atoms with Crippen molar-refractivity contribution < 1.29 is 14.0 Å². The molecule has 1 aromatic rings. The molecule has 0 unspecified atom stereocenters. The standard InChI is InChI=1S/C10H13N3O3/c14-9-7-12-10(15)13(9)4-3-11-6-8-2-1-5-16-8/h1-2,5,11H,3-4,6-7H2,(H,12,15). The van der Waals surface area contributed by atoms with E-state index in [9.17, 15) is 9.59 Å². The molecule has 1 aliphatic heterocycles. The average molecular weight is 223 g/mol. The fraction of sp³-hybridized carbons (Fsp3) is 0.400. The van der Waals surface area contributed by atoms with Crippen molar-refractivity contribution in [2.45, 2.75) is 6.54 Å². The number of carbonyl (C=O) groups is 2. The van der Waals surface area contributed by atoms with Gasteiger partial charge < -0.3 is 15.1 Å². The first kappa shape index (κ1) is 10.7. The topological polar surface area (TPSA) is 74.6 Å². The van der Waals surface area contributed by atoms with Crippen LogP contribution in [0.2, 0.25) is 0 Å². The monoisotopic (exact) mass is 223 g/mol. The number of furan rings is 1. The van der Waals surface area contributed by atoms with Crippen LogP contribution in [0.25, 0.3) is 0 Å². The van der Waals surface area contributed by atoms with E-state index in [0.717, 1.165) is 5.76 Å². The summed E-state index contributed by atoms with van der Waals surface area (Å²) in [4.78, 5) is 23.6. The van der Waals surface area contributed by atoms with Crippen LogP contribution in [0.4, 0.5) is 4.79 Å². The van der Waals surface area contributed by atoms with Gasteiger partial charge in [0, 0.05) is 13.1 Å². The number of rotatable bonds is 5. The molecule has 1 fully saturated rings. The zero-order valence-corrected chi connectivity index (χ0v) is 8.73. The lowest BCUT2D eigenvalue weighted by Gasteiger charge is -2.11. The summed E-state index contributed by atoms with van der Waals surface area (Å²) < 4.78 is 5.13. The summed E-state index contributed by atoms with van der Waals surface area (Å²) in [6.45, 7) is 1.64. The van der Waals surface area contributed by atoms with Crippen molar-refractivity contribution in [3.63, 3.8) is 0 Å². The van der Waals surface area contributed by atoms with Crippen molar-refractivity contribution >= 4 is 11.9 Å². The van der Waals surface area contributed by atoms with E-state index in [-0.39, 0.29) is 18.5 Å². The summed E-state index contributed by atoms with van der Waals surface area (Å²) in [6.07, 6.45) is 1.61. The van der Waals surface area contributed by atoms with Crippen LogP contribution in [-0.4, -0.2) is 36.5 Å². The fourth-order valence-corrected chi connectivity index (χ4v) is 1.50. The second-order valence-corrected chi connectivity index (χ2v) is 3.46. The Labute approximate surface area is 92.6 Å². The molecule has 6 nitrogen and oxygen atoms in total. The van der Waals surface area contributed by atoms with E-state index in [1.165, 1.54) is 4.90 Å². The van der Waals surface area contributed by atoms with Crippen LogP contribution >= 0.6 is 0 Å². The Morgan fingerprint density at radius 2 is 2.38 bits per heavy atom. The van der Waals surface area contributed by atoms with Crippen molar-refractivity contribution in [1.82, 2.24) is 15.5 Å². The molecular formula is C10H13N3O3. The lowest BCUT2D eigenvalue weighted by atomic mass is 10.4. The van der Waals surface area contributed by atoms with Gasteiger partial charge in [0.15, 0.2) is 0 Å². The molecule has 0 spiro atoms. The Balaban J connectivity index is 1.68. The molecule has 16 heavy (non-hydrogen) atoms. The Morgan fingerprint density at radius 1 is 1.50 bits per heavy atom. The van der Waals surface area contributed by atoms with Gasteiger partial charge in [0.2, 0.25) is 5.91 Å². The summed E-state index contributed by atoms with van der Waals surface area (Å²) in [5.74, 6) is 0.655. The average Bonchev–Trinajstić information content (AvgIpc) is 2.87. The van der Waals surface area contributed by atoms with Gasteiger partial charge in [-0.2, -0.15) is 0 Å². The fourth-order valence-electron chi connectivity index (χ4n) is 1.50. The molecule has 0 aliphatic carbocycles. The number of amides is 3. The van der Waals surface area contributed by atoms with Gasteiger partial charge in [0.05, 0.1) is 19.4 Å². The van der Waals surface area contributed by atoms with E-state index in [1.807, 2.05) is 12.1 Å². The highest BCUT2D eigenvalue weighted by molar-refractivity contribution is 6.01. The Kier molecular flexibility index (Phi) is 3.21. The van der Waals surface area contributed by atoms with Gasteiger partial charge in [0.25, 0.3) is 0 Å². The number of hydrogen-bond acceptors (Lipinski definition) is 4. The molecule has 2 rings (SSSR count). The van der Waals surface area contributed by atoms with Crippen LogP contribution < -0.4 is 10.6 Å². The van der Waals surface area contributed by atoms with E-state index in [4.69, 9.17) is 4.42 Å². The Bertz CT molecular complexity index is 359. The molecule has 2 heterocycles. The van der Waals surface area contributed by atoms with E-state index in [2.05, 4.69) is 10.6 Å². The second kappa shape index (κ2) is 4.80. The summed E-state index contributed by atoms with van der Waals surface area (Å²) in [5.41, 5.74) is 0. The molecular weight excluding hydrogens is 210 g/mol. The predicted molar refractivity (Wildman–Crippen MR) is 55.5 cm³/mol. The molecule has 1 aliphatic rings. The Morgan fingerprint density at radius 3 is 3.00 bits per heavy atom. The van der Waals surface area contributed by atoms with Gasteiger partial charge in [0.1, 0.15) is 5.76 Å². The molecule has 0 radical (unpaired) electrons. The first-order valence-corrected chi connectivity index (χ1v) is 5.08. The minimum atomic E-state index is -0.315. The summed E-state index contributed by atoms with van der Waals surface area (Å²) in [5, 5.41) is 5.55.